The van der Waals surface area contributed by atoms with Crippen molar-refractivity contribution in [2.45, 2.75) is 6.61 Å². The van der Waals surface area contributed by atoms with Crippen molar-refractivity contribution in [3.63, 3.8) is 0 Å². The molecule has 0 bridgehead atoms. The Hall–Kier alpha value is -2.15. The van der Waals surface area contributed by atoms with Crippen LogP contribution in [0.3, 0.4) is 0 Å². The van der Waals surface area contributed by atoms with Crippen LogP contribution in [0.25, 0.3) is 0 Å². The lowest BCUT2D eigenvalue weighted by atomic mass is 10.2. The average Bonchev–Trinajstić information content (AvgIpc) is 2.44. The number of hydrogen-bond donors (Lipinski definition) is 0. The van der Waals surface area contributed by atoms with Gasteiger partial charge in [0, 0.05) is 28.5 Å². The molecule has 1 aromatic heterocycles. The molecular weight excluding hydrogens is 328 g/mol. The van der Waals surface area contributed by atoms with E-state index in [2.05, 4.69) is 20.9 Å². The van der Waals surface area contributed by atoms with Gasteiger partial charge in [-0.3, -0.25) is 15.1 Å². The van der Waals surface area contributed by atoms with Gasteiger partial charge in [-0.15, -0.1) is 0 Å². The van der Waals surface area contributed by atoms with Gasteiger partial charge in [0.1, 0.15) is 6.61 Å². The summed E-state index contributed by atoms with van der Waals surface area (Å²) in [5.41, 5.74) is 0.793. The Kier molecular flexibility index (Phi) is 4.52. The molecule has 1 aromatic carbocycles. The second kappa shape index (κ2) is 6.33. The molecular formula is C13H11BrN2O4. The summed E-state index contributed by atoms with van der Waals surface area (Å²) in [4.78, 5) is 14.3. The third kappa shape index (κ3) is 3.45. The topological polar surface area (TPSA) is 74.5 Å². The van der Waals surface area contributed by atoms with E-state index < -0.39 is 4.92 Å². The van der Waals surface area contributed by atoms with Crippen molar-refractivity contribution in [2.24, 2.45) is 0 Å². The highest BCUT2D eigenvalue weighted by Crippen LogP contribution is 2.31. The fourth-order valence-corrected chi connectivity index (χ4v) is 2.00. The molecule has 0 spiro atoms. The first-order valence-corrected chi connectivity index (χ1v) is 6.44. The zero-order valence-electron chi connectivity index (χ0n) is 10.6. The molecule has 0 atom stereocenters. The number of benzene rings is 1. The van der Waals surface area contributed by atoms with E-state index >= 15 is 0 Å². The molecule has 0 saturated carbocycles. The number of ether oxygens (including phenoxy) is 2. The molecule has 104 valence electrons. The SMILES string of the molecule is COc1ccc([N+](=O)[O-])cc1OCc1cncc(Br)c1. The smallest absolute Gasteiger partial charge is 0.273 e. The molecule has 0 amide bonds. The molecule has 0 aliphatic rings. The molecule has 0 fully saturated rings. The Morgan fingerprint density at radius 2 is 2.10 bits per heavy atom. The summed E-state index contributed by atoms with van der Waals surface area (Å²) in [6, 6.07) is 6.07. The van der Waals surface area contributed by atoms with Crippen molar-refractivity contribution in [3.05, 3.63) is 56.8 Å². The molecule has 2 aromatic rings. The molecule has 0 saturated heterocycles. The summed E-state index contributed by atoms with van der Waals surface area (Å²) in [6.07, 6.45) is 3.33. The second-order valence-electron chi connectivity index (χ2n) is 3.89. The van der Waals surface area contributed by atoms with Gasteiger partial charge >= 0.3 is 0 Å². The van der Waals surface area contributed by atoms with Gasteiger partial charge in [0.05, 0.1) is 18.1 Å². The summed E-state index contributed by atoms with van der Waals surface area (Å²) in [5, 5.41) is 10.8. The fraction of sp³-hybridized carbons (Fsp3) is 0.154. The van der Waals surface area contributed by atoms with E-state index in [9.17, 15) is 10.1 Å². The van der Waals surface area contributed by atoms with Crippen LogP contribution < -0.4 is 9.47 Å². The molecule has 1 heterocycles. The second-order valence-corrected chi connectivity index (χ2v) is 4.81. The minimum Gasteiger partial charge on any atom is -0.493 e. The normalized spacial score (nSPS) is 10.1. The Morgan fingerprint density at radius 3 is 2.75 bits per heavy atom. The third-order valence-corrected chi connectivity index (χ3v) is 2.95. The van der Waals surface area contributed by atoms with Gasteiger partial charge in [-0.05, 0) is 28.1 Å². The minimum absolute atomic E-state index is 0.0480. The molecule has 0 aliphatic carbocycles. The molecule has 0 N–H and O–H groups in total. The summed E-state index contributed by atoms with van der Waals surface area (Å²) in [7, 11) is 1.48. The molecule has 6 nitrogen and oxygen atoms in total. The van der Waals surface area contributed by atoms with E-state index in [0.717, 1.165) is 10.0 Å². The first-order valence-electron chi connectivity index (χ1n) is 5.65. The average molecular weight is 339 g/mol. The third-order valence-electron chi connectivity index (χ3n) is 2.51. The van der Waals surface area contributed by atoms with E-state index in [-0.39, 0.29) is 12.3 Å². The lowest BCUT2D eigenvalue weighted by molar-refractivity contribution is -0.385. The number of nitro benzene ring substituents is 1. The van der Waals surface area contributed by atoms with Crippen molar-refractivity contribution in [3.8, 4) is 11.5 Å². The van der Waals surface area contributed by atoms with E-state index in [1.54, 1.807) is 12.4 Å². The number of pyridine rings is 1. The van der Waals surface area contributed by atoms with Crippen LogP contribution in [-0.2, 0) is 6.61 Å². The zero-order chi connectivity index (χ0) is 14.5. The number of halogens is 1. The lowest BCUT2D eigenvalue weighted by Crippen LogP contribution is -1.99. The van der Waals surface area contributed by atoms with Crippen LogP contribution in [0, 0.1) is 10.1 Å². The van der Waals surface area contributed by atoms with Crippen LogP contribution in [0.2, 0.25) is 0 Å². The van der Waals surface area contributed by atoms with Crippen LogP contribution in [0.15, 0.2) is 41.1 Å². The largest absolute Gasteiger partial charge is 0.493 e. The fourth-order valence-electron chi connectivity index (χ4n) is 1.59. The Balaban J connectivity index is 2.19. The minimum atomic E-state index is -0.479. The number of methoxy groups -OCH3 is 1. The predicted molar refractivity (Wildman–Crippen MR) is 75.9 cm³/mol. The van der Waals surface area contributed by atoms with Crippen molar-refractivity contribution < 1.29 is 14.4 Å². The first kappa shape index (κ1) is 14.3. The van der Waals surface area contributed by atoms with Gasteiger partial charge in [0.25, 0.3) is 5.69 Å². The standard InChI is InChI=1S/C13H11BrN2O4/c1-19-12-3-2-11(16(17)18)5-13(12)20-8-9-4-10(14)7-15-6-9/h2-7H,8H2,1H3. The molecule has 2 rings (SSSR count). The number of nitro groups is 1. The number of rotatable bonds is 5. The summed E-state index contributed by atoms with van der Waals surface area (Å²) < 4.78 is 11.5. The van der Waals surface area contributed by atoms with Crippen molar-refractivity contribution in [1.29, 1.82) is 0 Å². The predicted octanol–water partition coefficient (Wildman–Crippen LogP) is 3.34. The van der Waals surface area contributed by atoms with Crippen LogP contribution in [0.4, 0.5) is 5.69 Å². The van der Waals surface area contributed by atoms with Crippen LogP contribution in [0.1, 0.15) is 5.56 Å². The van der Waals surface area contributed by atoms with E-state index in [4.69, 9.17) is 9.47 Å². The number of aromatic nitrogens is 1. The monoisotopic (exact) mass is 338 g/mol. The highest BCUT2D eigenvalue weighted by Gasteiger charge is 2.12. The molecule has 0 unspecified atom stereocenters. The summed E-state index contributed by atoms with van der Waals surface area (Å²) in [5.74, 6) is 0.764. The number of hydrogen-bond acceptors (Lipinski definition) is 5. The number of nitrogens with zero attached hydrogens (tertiary/aromatic N) is 2. The lowest BCUT2D eigenvalue weighted by Gasteiger charge is -2.10. The Bertz CT molecular complexity index is 634. The van der Waals surface area contributed by atoms with Crippen LogP contribution >= 0.6 is 15.9 Å². The maximum absolute atomic E-state index is 10.8. The molecule has 0 radical (unpaired) electrons. The first-order chi connectivity index (χ1) is 9.60. The summed E-state index contributed by atoms with van der Waals surface area (Å²) in [6.45, 7) is 0.240. The summed E-state index contributed by atoms with van der Waals surface area (Å²) >= 11 is 3.32. The van der Waals surface area contributed by atoms with E-state index in [1.807, 2.05) is 6.07 Å². The Labute approximate surface area is 123 Å². The van der Waals surface area contributed by atoms with Gasteiger partial charge in [0.15, 0.2) is 11.5 Å². The van der Waals surface area contributed by atoms with Gasteiger partial charge in [-0.1, -0.05) is 0 Å². The maximum atomic E-state index is 10.8. The zero-order valence-corrected chi connectivity index (χ0v) is 12.2. The Morgan fingerprint density at radius 1 is 1.30 bits per heavy atom. The maximum Gasteiger partial charge on any atom is 0.273 e. The highest BCUT2D eigenvalue weighted by atomic mass is 79.9. The highest BCUT2D eigenvalue weighted by molar-refractivity contribution is 9.10. The number of non-ortho nitro benzene ring substituents is 1. The van der Waals surface area contributed by atoms with Crippen molar-refractivity contribution in [1.82, 2.24) is 4.98 Å². The van der Waals surface area contributed by atoms with Gasteiger partial charge < -0.3 is 9.47 Å². The van der Waals surface area contributed by atoms with Crippen molar-refractivity contribution >= 4 is 21.6 Å². The quantitative estimate of drug-likeness (QED) is 0.617. The molecule has 7 heteroatoms. The van der Waals surface area contributed by atoms with Crippen molar-refractivity contribution in [2.75, 3.05) is 7.11 Å². The van der Waals surface area contributed by atoms with E-state index in [0.29, 0.717) is 11.5 Å². The van der Waals surface area contributed by atoms with Gasteiger partial charge in [-0.2, -0.15) is 0 Å². The van der Waals surface area contributed by atoms with Crippen LogP contribution in [-0.4, -0.2) is 17.0 Å². The van der Waals surface area contributed by atoms with Gasteiger partial charge in [-0.25, -0.2) is 0 Å². The van der Waals surface area contributed by atoms with Gasteiger partial charge in [0.2, 0.25) is 0 Å². The molecule has 20 heavy (non-hydrogen) atoms. The van der Waals surface area contributed by atoms with E-state index in [1.165, 1.54) is 25.3 Å². The van der Waals surface area contributed by atoms with Crippen LogP contribution in [0.5, 0.6) is 11.5 Å². The molecule has 0 aliphatic heterocycles.